The first-order valence-electron chi connectivity index (χ1n) is 8.37. The maximum Gasteiger partial charge on any atom is 0.573 e. The topological polar surface area (TPSA) is 73.9 Å². The lowest BCUT2D eigenvalue weighted by Gasteiger charge is -2.39. The Morgan fingerprint density at radius 2 is 1.93 bits per heavy atom. The first-order chi connectivity index (χ1) is 12.9. The number of aryl methyl sites for hydroxylation is 1. The minimum absolute atomic E-state index is 0.268. The fraction of sp³-hybridized carbons (Fsp3) is 0.333. The lowest BCUT2D eigenvalue weighted by atomic mass is 9.64. The molecule has 0 radical (unpaired) electrons. The smallest absolute Gasteiger partial charge is 0.406 e. The van der Waals surface area contributed by atoms with Crippen molar-refractivity contribution in [2.24, 2.45) is 0 Å². The van der Waals surface area contributed by atoms with Crippen LogP contribution in [0, 0.1) is 6.92 Å². The normalized spacial score (nSPS) is 16.0. The van der Waals surface area contributed by atoms with Gasteiger partial charge < -0.3 is 9.26 Å². The molecule has 140 valence electrons. The number of halogens is 3. The summed E-state index contributed by atoms with van der Waals surface area (Å²) in [6.45, 7) is 1.82. The lowest BCUT2D eigenvalue weighted by molar-refractivity contribution is -0.274. The third-order valence-corrected chi connectivity index (χ3v) is 4.69. The Morgan fingerprint density at radius 1 is 1.11 bits per heavy atom. The zero-order chi connectivity index (χ0) is 19.1. The summed E-state index contributed by atoms with van der Waals surface area (Å²) in [6.07, 6.45) is -2.44. The van der Waals surface area contributed by atoms with E-state index in [4.69, 9.17) is 4.52 Å². The SMILES string of the molecule is Cc1ccc(-c2noc(C3(c4cccc(OC(F)(F)F)c4)CCC3)n2)nn1. The van der Waals surface area contributed by atoms with E-state index in [-0.39, 0.29) is 5.75 Å². The molecule has 1 aromatic carbocycles. The largest absolute Gasteiger partial charge is 0.573 e. The van der Waals surface area contributed by atoms with Gasteiger partial charge in [-0.25, -0.2) is 0 Å². The first kappa shape index (κ1) is 17.4. The molecule has 0 atom stereocenters. The van der Waals surface area contributed by atoms with Gasteiger partial charge in [0.25, 0.3) is 0 Å². The molecular formula is C18H15F3N4O2. The van der Waals surface area contributed by atoms with Gasteiger partial charge in [0.2, 0.25) is 11.7 Å². The van der Waals surface area contributed by atoms with E-state index in [9.17, 15) is 13.2 Å². The van der Waals surface area contributed by atoms with E-state index in [0.717, 1.165) is 12.1 Å². The summed E-state index contributed by atoms with van der Waals surface area (Å²) < 4.78 is 47.1. The van der Waals surface area contributed by atoms with Crippen LogP contribution in [0.4, 0.5) is 13.2 Å². The highest BCUT2D eigenvalue weighted by Crippen LogP contribution is 2.49. The molecule has 9 heteroatoms. The van der Waals surface area contributed by atoms with Gasteiger partial charge in [-0.3, -0.25) is 0 Å². The summed E-state index contributed by atoms with van der Waals surface area (Å²) in [5.74, 6) is 0.386. The van der Waals surface area contributed by atoms with Gasteiger partial charge in [0.05, 0.1) is 11.1 Å². The van der Waals surface area contributed by atoms with Crippen LogP contribution in [0.15, 0.2) is 40.9 Å². The summed E-state index contributed by atoms with van der Waals surface area (Å²) in [7, 11) is 0. The average Bonchev–Trinajstić information content (AvgIpc) is 3.03. The number of hydrogen-bond donors (Lipinski definition) is 0. The molecule has 0 aliphatic heterocycles. The molecule has 0 N–H and O–H groups in total. The van der Waals surface area contributed by atoms with Crippen LogP contribution >= 0.6 is 0 Å². The van der Waals surface area contributed by atoms with Crippen LogP contribution in [0.3, 0.4) is 0 Å². The van der Waals surface area contributed by atoms with Crippen molar-refractivity contribution in [3.8, 4) is 17.3 Å². The van der Waals surface area contributed by atoms with Gasteiger partial charge in [-0.05, 0) is 49.6 Å². The number of ether oxygens (including phenoxy) is 1. The quantitative estimate of drug-likeness (QED) is 0.679. The molecule has 3 aromatic rings. The molecule has 0 bridgehead atoms. The van der Waals surface area contributed by atoms with Crippen LogP contribution in [-0.4, -0.2) is 26.7 Å². The summed E-state index contributed by atoms with van der Waals surface area (Å²) in [5, 5.41) is 12.0. The van der Waals surface area contributed by atoms with Crippen LogP contribution in [0.5, 0.6) is 5.75 Å². The Morgan fingerprint density at radius 3 is 2.56 bits per heavy atom. The molecule has 2 aromatic heterocycles. The molecule has 27 heavy (non-hydrogen) atoms. The molecule has 1 aliphatic rings. The predicted octanol–water partition coefficient (Wildman–Crippen LogP) is 4.20. The van der Waals surface area contributed by atoms with Crippen molar-refractivity contribution in [2.45, 2.75) is 38.0 Å². The maximum atomic E-state index is 12.5. The van der Waals surface area contributed by atoms with E-state index in [0.29, 0.717) is 35.8 Å². The van der Waals surface area contributed by atoms with E-state index >= 15 is 0 Å². The Labute approximate surface area is 152 Å². The summed E-state index contributed by atoms with van der Waals surface area (Å²) in [6, 6.07) is 9.45. The van der Waals surface area contributed by atoms with Gasteiger partial charge in [-0.2, -0.15) is 10.1 Å². The average molecular weight is 376 g/mol. The zero-order valence-electron chi connectivity index (χ0n) is 14.3. The van der Waals surface area contributed by atoms with Crippen LogP contribution in [-0.2, 0) is 5.41 Å². The van der Waals surface area contributed by atoms with Gasteiger partial charge in [0, 0.05) is 0 Å². The van der Waals surface area contributed by atoms with Gasteiger partial charge in [-0.15, -0.1) is 18.3 Å². The van der Waals surface area contributed by atoms with Gasteiger partial charge in [-0.1, -0.05) is 23.7 Å². The van der Waals surface area contributed by atoms with E-state index in [1.165, 1.54) is 18.2 Å². The highest BCUT2D eigenvalue weighted by molar-refractivity contribution is 5.48. The van der Waals surface area contributed by atoms with Crippen molar-refractivity contribution < 1.29 is 22.4 Å². The van der Waals surface area contributed by atoms with E-state index in [1.807, 2.05) is 6.92 Å². The molecule has 2 heterocycles. The number of nitrogens with zero attached hydrogens (tertiary/aromatic N) is 4. The number of aromatic nitrogens is 4. The molecule has 6 nitrogen and oxygen atoms in total. The highest BCUT2D eigenvalue weighted by Gasteiger charge is 2.46. The second-order valence-electron chi connectivity index (χ2n) is 6.49. The Balaban J connectivity index is 1.67. The maximum absolute atomic E-state index is 12.5. The molecule has 1 fully saturated rings. The van der Waals surface area contributed by atoms with Crippen molar-refractivity contribution in [2.75, 3.05) is 0 Å². The van der Waals surface area contributed by atoms with Crippen molar-refractivity contribution in [3.05, 3.63) is 53.5 Å². The Hall–Kier alpha value is -2.97. The van der Waals surface area contributed by atoms with Crippen LogP contribution in [0.2, 0.25) is 0 Å². The summed E-state index contributed by atoms with van der Waals surface area (Å²) in [5.41, 5.74) is 1.27. The molecule has 0 spiro atoms. The van der Waals surface area contributed by atoms with Gasteiger partial charge in [0.1, 0.15) is 11.4 Å². The second kappa shape index (κ2) is 6.33. The van der Waals surface area contributed by atoms with E-state index < -0.39 is 11.8 Å². The Bertz CT molecular complexity index is 950. The summed E-state index contributed by atoms with van der Waals surface area (Å²) in [4.78, 5) is 4.44. The van der Waals surface area contributed by atoms with Crippen molar-refractivity contribution >= 4 is 0 Å². The lowest BCUT2D eigenvalue weighted by Crippen LogP contribution is -2.36. The number of benzene rings is 1. The number of alkyl halides is 3. The number of rotatable bonds is 4. The molecule has 0 saturated heterocycles. The third kappa shape index (κ3) is 3.36. The standard InChI is InChI=1S/C18H15F3N4O2/c1-11-6-7-14(24-23-11)15-22-16(27-25-15)17(8-3-9-17)12-4-2-5-13(10-12)26-18(19,20)21/h2,4-7,10H,3,8-9H2,1H3. The van der Waals surface area contributed by atoms with Crippen molar-refractivity contribution in [1.29, 1.82) is 0 Å². The highest BCUT2D eigenvalue weighted by atomic mass is 19.4. The minimum atomic E-state index is -4.74. The van der Waals surface area contributed by atoms with Crippen LogP contribution in [0.25, 0.3) is 11.5 Å². The van der Waals surface area contributed by atoms with Crippen molar-refractivity contribution in [1.82, 2.24) is 20.3 Å². The van der Waals surface area contributed by atoms with E-state index in [1.54, 1.807) is 18.2 Å². The fourth-order valence-electron chi connectivity index (χ4n) is 3.19. The monoisotopic (exact) mass is 376 g/mol. The van der Waals surface area contributed by atoms with Gasteiger partial charge in [0.15, 0.2) is 0 Å². The molecule has 0 unspecified atom stereocenters. The minimum Gasteiger partial charge on any atom is -0.406 e. The molecule has 4 rings (SSSR count). The Kier molecular flexibility index (Phi) is 4.09. The van der Waals surface area contributed by atoms with Crippen LogP contribution in [0.1, 0.15) is 36.4 Å². The first-order valence-corrected chi connectivity index (χ1v) is 8.37. The zero-order valence-corrected chi connectivity index (χ0v) is 14.3. The fourth-order valence-corrected chi connectivity index (χ4v) is 3.19. The van der Waals surface area contributed by atoms with Crippen molar-refractivity contribution in [3.63, 3.8) is 0 Å². The second-order valence-corrected chi connectivity index (χ2v) is 6.49. The number of hydrogen-bond acceptors (Lipinski definition) is 6. The molecule has 0 amide bonds. The summed E-state index contributed by atoms with van der Waals surface area (Å²) >= 11 is 0. The molecular weight excluding hydrogens is 361 g/mol. The van der Waals surface area contributed by atoms with Crippen LogP contribution < -0.4 is 4.74 Å². The predicted molar refractivity (Wildman–Crippen MR) is 87.8 cm³/mol. The molecule has 1 saturated carbocycles. The van der Waals surface area contributed by atoms with Gasteiger partial charge >= 0.3 is 6.36 Å². The molecule has 1 aliphatic carbocycles. The third-order valence-electron chi connectivity index (χ3n) is 4.69. The van der Waals surface area contributed by atoms with E-state index in [2.05, 4.69) is 25.1 Å².